The first-order valence-corrected chi connectivity index (χ1v) is 9.21. The Morgan fingerprint density at radius 1 is 1.25 bits per heavy atom. The van der Waals surface area contributed by atoms with Gasteiger partial charge in [-0.2, -0.15) is 10.1 Å². The van der Waals surface area contributed by atoms with Crippen molar-refractivity contribution < 1.29 is 44.7 Å². The van der Waals surface area contributed by atoms with Gasteiger partial charge in [-0.3, -0.25) is 19.4 Å². The van der Waals surface area contributed by atoms with E-state index in [1.807, 2.05) is 0 Å². The van der Waals surface area contributed by atoms with E-state index in [2.05, 4.69) is 20.4 Å². The highest BCUT2D eigenvalue weighted by Gasteiger charge is 2.45. The van der Waals surface area contributed by atoms with Crippen LogP contribution in [0.1, 0.15) is 29.6 Å². The van der Waals surface area contributed by atoms with Crippen molar-refractivity contribution in [2.75, 3.05) is 12.3 Å². The lowest BCUT2D eigenvalue weighted by Crippen LogP contribution is -2.41. The number of carbonyl (C=O) groups excluding carboxylic acids is 1. The Kier molecular flexibility index (Phi) is 6.40. The highest BCUT2D eigenvalue weighted by Crippen LogP contribution is 2.31. The first-order valence-electron chi connectivity index (χ1n) is 9.21. The molecule has 16 nitrogen and oxygen atoms in total. The second-order valence-corrected chi connectivity index (χ2v) is 6.97. The molecule has 2 aromatic rings. The summed E-state index contributed by atoms with van der Waals surface area (Å²) in [5.74, 6) is -4.30. The number of aliphatic carboxylic acids is 2. The van der Waals surface area contributed by atoms with Crippen LogP contribution in [0.4, 0.5) is 5.95 Å². The number of aliphatic hydroxyl groups is 3. The first-order chi connectivity index (χ1) is 15.0. The van der Waals surface area contributed by atoms with Gasteiger partial charge in [0.05, 0.1) is 6.61 Å². The molecule has 1 fully saturated rings. The van der Waals surface area contributed by atoms with Gasteiger partial charge in [0.2, 0.25) is 5.95 Å². The number of nitrogens with one attached hydrogen (secondary N) is 2. The Morgan fingerprint density at radius 3 is 2.50 bits per heavy atom. The molecule has 1 aliphatic rings. The average Bonchev–Trinajstić information content (AvgIpc) is 3.22. The predicted octanol–water partition coefficient (Wildman–Crippen LogP) is -3.64. The fourth-order valence-corrected chi connectivity index (χ4v) is 3.23. The van der Waals surface area contributed by atoms with Crippen LogP contribution in [0.25, 0.3) is 11.0 Å². The van der Waals surface area contributed by atoms with Crippen LogP contribution in [-0.4, -0.2) is 94.1 Å². The molecule has 0 radical (unpaired) electrons. The Bertz CT molecular complexity index is 1110. The number of H-pyrrole nitrogens is 1. The van der Waals surface area contributed by atoms with Crippen LogP contribution in [0, 0.1) is 0 Å². The molecule has 3 rings (SSSR count). The summed E-state index contributed by atoms with van der Waals surface area (Å²) in [6.45, 7) is -0.651. The Morgan fingerprint density at radius 2 is 1.94 bits per heavy atom. The number of nitrogens with two attached hydrogens (primary N) is 1. The minimum absolute atomic E-state index is 0.316. The molecule has 3 heterocycles. The monoisotopic (exact) mass is 456 g/mol. The lowest BCUT2D eigenvalue weighted by Gasteiger charge is -2.15. The normalized spacial score (nSPS) is 23.8. The van der Waals surface area contributed by atoms with Crippen molar-refractivity contribution in [2.24, 2.45) is 0 Å². The number of nitrogen functional groups attached to an aromatic ring is 1. The van der Waals surface area contributed by atoms with Crippen LogP contribution in [0.5, 0.6) is 0 Å². The van der Waals surface area contributed by atoms with Gasteiger partial charge in [0.25, 0.3) is 11.5 Å². The number of ether oxygens (including phenoxy) is 1. The van der Waals surface area contributed by atoms with Gasteiger partial charge in [0.15, 0.2) is 17.6 Å². The summed E-state index contributed by atoms with van der Waals surface area (Å²) in [6.07, 6.45) is -6.80. The van der Waals surface area contributed by atoms with Crippen LogP contribution < -0.4 is 16.6 Å². The lowest BCUT2D eigenvalue weighted by molar-refractivity contribution is -0.140. The Balaban J connectivity index is 2.04. The van der Waals surface area contributed by atoms with Crippen LogP contribution in [0.2, 0.25) is 0 Å². The molecule has 0 bridgehead atoms. The van der Waals surface area contributed by atoms with Crippen LogP contribution in [-0.2, 0) is 14.3 Å². The van der Waals surface area contributed by atoms with Crippen molar-refractivity contribution in [2.45, 2.75) is 43.4 Å². The van der Waals surface area contributed by atoms with Gasteiger partial charge in [0, 0.05) is 6.42 Å². The highest BCUT2D eigenvalue weighted by molar-refractivity contribution is 6.05. The third kappa shape index (κ3) is 4.24. The molecule has 0 spiro atoms. The van der Waals surface area contributed by atoms with Gasteiger partial charge >= 0.3 is 11.9 Å². The smallest absolute Gasteiger partial charge is 0.326 e. The van der Waals surface area contributed by atoms with E-state index in [0.29, 0.717) is 0 Å². The van der Waals surface area contributed by atoms with Gasteiger partial charge in [0.1, 0.15) is 29.7 Å². The first kappa shape index (κ1) is 23.1. The quantitative estimate of drug-likeness (QED) is 0.191. The van der Waals surface area contributed by atoms with Crippen molar-refractivity contribution in [1.82, 2.24) is 25.1 Å². The van der Waals surface area contributed by atoms with Gasteiger partial charge in [-0.1, -0.05) is 0 Å². The fraction of sp³-hybridized carbons (Fsp3) is 0.500. The third-order valence-corrected chi connectivity index (χ3v) is 4.80. The SMILES string of the molecule is Nc1nc2c(c(C(=O)N[C@@H](CCC(=O)O)C(=O)O)nn2C2O[C@H](CO)[C@@H](O)[C@H]2O)c(=O)[nH]1. The maximum atomic E-state index is 12.7. The molecular weight excluding hydrogens is 436 g/mol. The zero-order valence-electron chi connectivity index (χ0n) is 16.2. The van der Waals surface area contributed by atoms with E-state index in [1.165, 1.54) is 0 Å². The summed E-state index contributed by atoms with van der Waals surface area (Å²) in [6, 6.07) is -1.60. The van der Waals surface area contributed by atoms with Gasteiger partial charge in [-0.15, -0.1) is 0 Å². The van der Waals surface area contributed by atoms with Crippen molar-refractivity contribution in [3.63, 3.8) is 0 Å². The number of aliphatic hydroxyl groups excluding tert-OH is 3. The number of hydrogen-bond donors (Lipinski definition) is 8. The average molecular weight is 456 g/mol. The summed E-state index contributed by atoms with van der Waals surface area (Å²) < 4.78 is 6.16. The molecule has 32 heavy (non-hydrogen) atoms. The molecule has 0 aromatic carbocycles. The standard InChI is InChI=1S/C16H20N6O10/c17-16-19-11-7(12(28)20-16)8(13(29)18-4(15(30)31)1-2-6(24)25)21-22(11)14-10(27)9(26)5(3-23)32-14/h4-5,9-10,14,23,26-27H,1-3H2,(H,18,29)(H,24,25)(H,30,31)(H3,17,19,20,28)/t4-,5+,9+,10+,14?/m0/s1. The molecule has 9 N–H and O–H groups in total. The van der Waals surface area contributed by atoms with Crippen molar-refractivity contribution >= 4 is 34.8 Å². The summed E-state index contributed by atoms with van der Waals surface area (Å²) in [4.78, 5) is 53.4. The Hall–Kier alpha value is -3.60. The number of rotatable bonds is 8. The number of carboxylic acids is 2. The van der Waals surface area contributed by atoms with E-state index in [9.17, 15) is 39.6 Å². The topological polar surface area (TPSA) is 263 Å². The zero-order chi connectivity index (χ0) is 23.7. The Labute approximate surface area is 177 Å². The molecule has 16 heteroatoms. The molecule has 1 unspecified atom stereocenters. The van der Waals surface area contributed by atoms with Crippen LogP contribution in [0.3, 0.4) is 0 Å². The van der Waals surface area contributed by atoms with Gasteiger partial charge < -0.3 is 41.3 Å². The number of anilines is 1. The summed E-state index contributed by atoms with van der Waals surface area (Å²) in [7, 11) is 0. The number of fused-ring (bicyclic) bond motifs is 1. The van der Waals surface area contributed by atoms with E-state index < -0.39 is 84.5 Å². The van der Waals surface area contributed by atoms with Crippen LogP contribution in [0.15, 0.2) is 4.79 Å². The minimum Gasteiger partial charge on any atom is -0.481 e. The van der Waals surface area contributed by atoms with E-state index >= 15 is 0 Å². The number of carboxylic acid groups (broad SMARTS) is 2. The molecule has 1 amide bonds. The maximum absolute atomic E-state index is 12.7. The van der Waals surface area contributed by atoms with Gasteiger partial charge in [-0.05, 0) is 6.42 Å². The maximum Gasteiger partial charge on any atom is 0.326 e. The van der Waals surface area contributed by atoms with Gasteiger partial charge in [-0.25, -0.2) is 9.48 Å². The second-order valence-electron chi connectivity index (χ2n) is 6.97. The number of nitrogens with zero attached hydrogens (tertiary/aromatic N) is 3. The van der Waals surface area contributed by atoms with Crippen LogP contribution >= 0.6 is 0 Å². The van der Waals surface area contributed by atoms with E-state index in [0.717, 1.165) is 4.68 Å². The summed E-state index contributed by atoms with van der Waals surface area (Å²) in [5, 5.41) is 53.1. The van der Waals surface area contributed by atoms with Crippen molar-refractivity contribution in [3.05, 3.63) is 16.0 Å². The summed E-state index contributed by atoms with van der Waals surface area (Å²) >= 11 is 0. The highest BCUT2D eigenvalue weighted by atomic mass is 16.6. The van der Waals surface area contributed by atoms with E-state index in [1.54, 1.807) is 0 Å². The number of aromatic amines is 1. The molecule has 1 saturated heterocycles. The largest absolute Gasteiger partial charge is 0.481 e. The number of amides is 1. The molecule has 5 atom stereocenters. The third-order valence-electron chi connectivity index (χ3n) is 4.80. The molecular formula is C16H20N6O10. The fourth-order valence-electron chi connectivity index (χ4n) is 3.23. The van der Waals surface area contributed by atoms with E-state index in [4.69, 9.17) is 15.6 Å². The second kappa shape index (κ2) is 8.87. The zero-order valence-corrected chi connectivity index (χ0v) is 16.2. The molecule has 174 valence electrons. The predicted molar refractivity (Wildman–Crippen MR) is 101 cm³/mol. The minimum atomic E-state index is -1.63. The summed E-state index contributed by atoms with van der Waals surface area (Å²) in [5.41, 5.74) is 3.72. The van der Waals surface area contributed by atoms with E-state index in [-0.39, 0.29) is 11.6 Å². The molecule has 0 saturated carbocycles. The number of hydrogen-bond acceptors (Lipinski definition) is 11. The number of aromatic nitrogens is 4. The molecule has 2 aromatic heterocycles. The van der Waals surface area contributed by atoms with Crippen molar-refractivity contribution in [3.8, 4) is 0 Å². The molecule has 1 aliphatic heterocycles. The molecule has 0 aliphatic carbocycles. The van der Waals surface area contributed by atoms with Crippen molar-refractivity contribution in [1.29, 1.82) is 0 Å². The lowest BCUT2D eigenvalue weighted by atomic mass is 10.1. The number of carbonyl (C=O) groups is 3.